The van der Waals surface area contributed by atoms with Crippen LogP contribution in [0, 0.1) is 11.3 Å². The van der Waals surface area contributed by atoms with Crippen molar-refractivity contribution in [2.24, 2.45) is 11.3 Å². The molecule has 2 amide bonds. The van der Waals surface area contributed by atoms with Gasteiger partial charge in [-0.2, -0.15) is 0 Å². The fourth-order valence-electron chi connectivity index (χ4n) is 5.72. The predicted molar refractivity (Wildman–Crippen MR) is 102 cm³/mol. The van der Waals surface area contributed by atoms with E-state index in [2.05, 4.69) is 22.0 Å². The van der Waals surface area contributed by atoms with Crippen LogP contribution in [0.5, 0.6) is 0 Å². The van der Waals surface area contributed by atoms with Crippen LogP contribution < -0.4 is 0 Å². The highest BCUT2D eigenvalue weighted by Gasteiger charge is 2.62. The third-order valence-electron chi connectivity index (χ3n) is 7.33. The van der Waals surface area contributed by atoms with E-state index < -0.39 is 0 Å². The Balaban J connectivity index is 1.35. The Bertz CT molecular complexity index is 716. The van der Waals surface area contributed by atoms with Crippen molar-refractivity contribution in [2.75, 3.05) is 13.1 Å². The maximum absolute atomic E-state index is 13.4. The summed E-state index contributed by atoms with van der Waals surface area (Å²) in [7, 11) is 0. The molecule has 2 saturated heterocycles. The van der Waals surface area contributed by atoms with Crippen LogP contribution in [0.3, 0.4) is 0 Å². The maximum Gasteiger partial charge on any atom is 0.232 e. The number of amides is 2. The Morgan fingerprint density at radius 1 is 1.00 bits per heavy atom. The summed E-state index contributed by atoms with van der Waals surface area (Å²) in [6.45, 7) is 1.61. The molecule has 0 radical (unpaired) electrons. The molecular formula is C22H29N3O2. The molecule has 1 atom stereocenters. The first-order chi connectivity index (χ1) is 13.2. The summed E-state index contributed by atoms with van der Waals surface area (Å²) in [6, 6.07) is 4.65. The van der Waals surface area contributed by atoms with E-state index in [1.807, 2.05) is 17.3 Å². The monoisotopic (exact) mass is 367 g/mol. The lowest BCUT2D eigenvalue weighted by molar-refractivity contribution is -0.186. The van der Waals surface area contributed by atoms with Crippen molar-refractivity contribution in [1.29, 1.82) is 0 Å². The molecule has 1 unspecified atom stereocenters. The van der Waals surface area contributed by atoms with Gasteiger partial charge in [0.2, 0.25) is 11.8 Å². The fraction of sp³-hybridized carbons (Fsp3) is 0.682. The number of aromatic nitrogens is 1. The van der Waals surface area contributed by atoms with E-state index in [1.54, 1.807) is 0 Å². The van der Waals surface area contributed by atoms with Crippen LogP contribution in [0.15, 0.2) is 24.5 Å². The first-order valence-corrected chi connectivity index (χ1v) is 10.7. The van der Waals surface area contributed by atoms with Gasteiger partial charge < -0.3 is 9.80 Å². The quantitative estimate of drug-likeness (QED) is 0.770. The van der Waals surface area contributed by atoms with Crippen molar-refractivity contribution >= 4 is 11.8 Å². The second kappa shape index (κ2) is 6.61. The largest absolute Gasteiger partial charge is 0.342 e. The third kappa shape index (κ3) is 2.77. The van der Waals surface area contributed by atoms with Crippen molar-refractivity contribution in [1.82, 2.24) is 14.8 Å². The summed E-state index contributed by atoms with van der Waals surface area (Å²) in [6.07, 6.45) is 13.3. The number of hydrogen-bond acceptors (Lipinski definition) is 3. The first-order valence-electron chi connectivity index (χ1n) is 10.7. The number of pyridine rings is 1. The number of carbonyl (C=O) groups is 2. The topological polar surface area (TPSA) is 53.5 Å². The summed E-state index contributed by atoms with van der Waals surface area (Å²) in [5.74, 6) is 1.01. The SMILES string of the molecule is O=C(C1CC1)N1CCC(N2C(=O)C3(CCCCC3)C2c2ccncc2)CC1. The van der Waals surface area contributed by atoms with Gasteiger partial charge in [0.1, 0.15) is 0 Å². The molecule has 4 fully saturated rings. The van der Waals surface area contributed by atoms with Crippen LogP contribution in [0.1, 0.15) is 69.4 Å². The smallest absolute Gasteiger partial charge is 0.232 e. The highest BCUT2D eigenvalue weighted by atomic mass is 16.2. The molecule has 144 valence electrons. The standard InChI is InChI=1S/C22H29N3O2/c26-20(17-4-5-17)24-14-8-18(9-15-24)25-19(16-6-12-23-13-7-16)22(21(25)27)10-2-1-3-11-22/h6-7,12-13,17-19H,1-5,8-11,14-15H2. The minimum atomic E-state index is -0.180. The molecule has 0 aromatic carbocycles. The van der Waals surface area contributed by atoms with E-state index in [1.165, 1.54) is 12.0 Å². The van der Waals surface area contributed by atoms with E-state index in [9.17, 15) is 9.59 Å². The molecule has 0 bridgehead atoms. The Morgan fingerprint density at radius 2 is 1.67 bits per heavy atom. The van der Waals surface area contributed by atoms with Crippen LogP contribution in [0.2, 0.25) is 0 Å². The van der Waals surface area contributed by atoms with Gasteiger partial charge >= 0.3 is 0 Å². The molecule has 1 aromatic rings. The number of hydrogen-bond donors (Lipinski definition) is 0. The van der Waals surface area contributed by atoms with Crippen molar-refractivity contribution < 1.29 is 9.59 Å². The second-order valence-corrected chi connectivity index (χ2v) is 8.94. The normalized spacial score (nSPS) is 28.3. The number of β-lactam (4-membered cyclic amide) rings is 1. The fourth-order valence-corrected chi connectivity index (χ4v) is 5.72. The molecule has 2 aliphatic carbocycles. The molecule has 1 aromatic heterocycles. The lowest BCUT2D eigenvalue weighted by atomic mass is 9.59. The molecular weight excluding hydrogens is 338 g/mol. The Morgan fingerprint density at radius 3 is 2.30 bits per heavy atom. The van der Waals surface area contributed by atoms with Gasteiger partial charge in [0.25, 0.3) is 0 Å². The maximum atomic E-state index is 13.4. The summed E-state index contributed by atoms with van der Waals surface area (Å²) in [5, 5.41) is 0. The van der Waals surface area contributed by atoms with Crippen LogP contribution in [0.4, 0.5) is 0 Å². The summed E-state index contributed by atoms with van der Waals surface area (Å²) < 4.78 is 0. The zero-order chi connectivity index (χ0) is 18.4. The van der Waals surface area contributed by atoms with E-state index >= 15 is 0 Å². The predicted octanol–water partition coefficient (Wildman–Crippen LogP) is 3.32. The van der Waals surface area contributed by atoms with Crippen molar-refractivity contribution in [3.8, 4) is 0 Å². The molecule has 1 spiro atoms. The molecule has 27 heavy (non-hydrogen) atoms. The highest BCUT2D eigenvalue weighted by Crippen LogP contribution is 2.59. The van der Waals surface area contributed by atoms with Gasteiger partial charge in [0.15, 0.2) is 0 Å². The Hall–Kier alpha value is -1.91. The zero-order valence-electron chi connectivity index (χ0n) is 16.0. The molecule has 5 rings (SSSR count). The van der Waals surface area contributed by atoms with Crippen LogP contribution in [-0.2, 0) is 9.59 Å². The van der Waals surface area contributed by atoms with Gasteiger partial charge in [0, 0.05) is 37.4 Å². The van der Waals surface area contributed by atoms with E-state index in [4.69, 9.17) is 0 Å². The number of piperidine rings is 1. The van der Waals surface area contributed by atoms with Gasteiger partial charge in [-0.15, -0.1) is 0 Å². The van der Waals surface area contributed by atoms with Gasteiger partial charge in [0.05, 0.1) is 11.5 Å². The zero-order valence-corrected chi connectivity index (χ0v) is 16.0. The van der Waals surface area contributed by atoms with E-state index in [0.717, 1.165) is 64.5 Å². The van der Waals surface area contributed by atoms with Gasteiger partial charge in [-0.25, -0.2) is 0 Å². The minimum Gasteiger partial charge on any atom is -0.342 e. The molecule has 3 heterocycles. The molecule has 5 heteroatoms. The molecule has 5 nitrogen and oxygen atoms in total. The average Bonchev–Trinajstić information content (AvgIpc) is 3.58. The second-order valence-electron chi connectivity index (χ2n) is 8.94. The van der Waals surface area contributed by atoms with Crippen LogP contribution >= 0.6 is 0 Å². The Labute approximate surface area is 161 Å². The number of likely N-dealkylation sites (tertiary alicyclic amines) is 2. The van der Waals surface area contributed by atoms with Gasteiger partial charge in [-0.1, -0.05) is 19.3 Å². The average molecular weight is 367 g/mol. The minimum absolute atomic E-state index is 0.180. The van der Waals surface area contributed by atoms with Crippen molar-refractivity contribution in [3.05, 3.63) is 30.1 Å². The van der Waals surface area contributed by atoms with Crippen LogP contribution in [0.25, 0.3) is 0 Å². The number of nitrogens with zero attached hydrogens (tertiary/aromatic N) is 3. The number of rotatable bonds is 3. The van der Waals surface area contributed by atoms with E-state index in [-0.39, 0.29) is 17.5 Å². The van der Waals surface area contributed by atoms with Crippen LogP contribution in [-0.4, -0.2) is 45.7 Å². The molecule has 4 aliphatic rings. The highest BCUT2D eigenvalue weighted by molar-refractivity contribution is 5.91. The lowest BCUT2D eigenvalue weighted by Crippen LogP contribution is -2.67. The third-order valence-corrected chi connectivity index (χ3v) is 7.33. The Kier molecular flexibility index (Phi) is 4.21. The molecule has 0 N–H and O–H groups in total. The summed E-state index contributed by atoms with van der Waals surface area (Å²) in [5.41, 5.74) is 1.06. The van der Waals surface area contributed by atoms with Crippen molar-refractivity contribution in [3.63, 3.8) is 0 Å². The van der Waals surface area contributed by atoms with E-state index in [0.29, 0.717) is 17.7 Å². The summed E-state index contributed by atoms with van der Waals surface area (Å²) >= 11 is 0. The summed E-state index contributed by atoms with van der Waals surface area (Å²) in [4.78, 5) is 34.1. The lowest BCUT2D eigenvalue weighted by Gasteiger charge is -2.61. The van der Waals surface area contributed by atoms with Crippen molar-refractivity contribution in [2.45, 2.75) is 69.9 Å². The molecule has 2 aliphatic heterocycles. The molecule has 2 saturated carbocycles. The number of carbonyl (C=O) groups excluding carboxylic acids is 2. The first kappa shape index (κ1) is 17.2. The van der Waals surface area contributed by atoms with Gasteiger partial charge in [-0.3, -0.25) is 14.6 Å². The van der Waals surface area contributed by atoms with Gasteiger partial charge in [-0.05, 0) is 56.2 Å².